The molecule has 0 radical (unpaired) electrons. The zero-order chi connectivity index (χ0) is 13.5. The molecule has 1 spiro atoms. The molecule has 2 fully saturated rings. The number of benzene rings is 1. The van der Waals surface area contributed by atoms with Crippen LogP contribution in [-0.2, 0) is 0 Å². The minimum absolute atomic E-state index is 0.125. The molecule has 0 bridgehead atoms. The molecule has 1 aromatic rings. The summed E-state index contributed by atoms with van der Waals surface area (Å²) >= 11 is 0. The standard InChI is InChI=1S/C14H18FN3O/c1-10-8-14(5-6-16-10)9-17-13(19)18(14)12-4-2-3-11(15)7-12/h2-4,7,10,16H,5-6,8-9H2,1H3,(H,17,19). The van der Waals surface area contributed by atoms with Crippen LogP contribution in [-0.4, -0.2) is 30.7 Å². The van der Waals surface area contributed by atoms with Gasteiger partial charge in [0.05, 0.1) is 5.54 Å². The molecule has 2 heterocycles. The van der Waals surface area contributed by atoms with Crippen LogP contribution in [0, 0.1) is 5.82 Å². The maximum absolute atomic E-state index is 13.4. The van der Waals surface area contributed by atoms with E-state index in [9.17, 15) is 9.18 Å². The second kappa shape index (κ2) is 4.49. The first kappa shape index (κ1) is 12.4. The van der Waals surface area contributed by atoms with Crippen LogP contribution >= 0.6 is 0 Å². The Morgan fingerprint density at radius 3 is 3.05 bits per heavy atom. The number of amides is 2. The summed E-state index contributed by atoms with van der Waals surface area (Å²) in [4.78, 5) is 13.9. The third kappa shape index (κ3) is 2.08. The lowest BCUT2D eigenvalue weighted by Crippen LogP contribution is -2.56. The van der Waals surface area contributed by atoms with Crippen LogP contribution in [0.25, 0.3) is 0 Å². The van der Waals surface area contributed by atoms with Crippen molar-refractivity contribution >= 4 is 11.7 Å². The molecular weight excluding hydrogens is 245 g/mol. The zero-order valence-electron chi connectivity index (χ0n) is 10.9. The molecule has 1 aromatic carbocycles. The molecular formula is C14H18FN3O. The molecule has 2 aliphatic rings. The summed E-state index contributed by atoms with van der Waals surface area (Å²) < 4.78 is 13.4. The average Bonchev–Trinajstić information content (AvgIpc) is 2.66. The summed E-state index contributed by atoms with van der Waals surface area (Å²) in [7, 11) is 0. The van der Waals surface area contributed by atoms with E-state index in [-0.39, 0.29) is 17.4 Å². The van der Waals surface area contributed by atoms with Gasteiger partial charge in [-0.2, -0.15) is 0 Å². The number of nitrogens with one attached hydrogen (secondary N) is 2. The molecule has 0 aliphatic carbocycles. The van der Waals surface area contributed by atoms with Crippen LogP contribution in [0.15, 0.2) is 24.3 Å². The number of piperidine rings is 1. The molecule has 2 saturated heterocycles. The third-order valence-corrected chi connectivity index (χ3v) is 4.08. The fraction of sp³-hybridized carbons (Fsp3) is 0.500. The maximum Gasteiger partial charge on any atom is 0.322 e. The molecule has 5 heteroatoms. The second-order valence-electron chi connectivity index (χ2n) is 5.51. The highest BCUT2D eigenvalue weighted by Gasteiger charge is 2.48. The van der Waals surface area contributed by atoms with E-state index in [1.807, 2.05) is 0 Å². The van der Waals surface area contributed by atoms with Crippen LogP contribution in [0.4, 0.5) is 14.9 Å². The lowest BCUT2D eigenvalue weighted by molar-refractivity contribution is 0.245. The Labute approximate surface area is 112 Å². The van der Waals surface area contributed by atoms with E-state index < -0.39 is 0 Å². The molecule has 19 heavy (non-hydrogen) atoms. The minimum Gasteiger partial charge on any atom is -0.335 e. The number of anilines is 1. The monoisotopic (exact) mass is 263 g/mol. The Balaban J connectivity index is 1.98. The van der Waals surface area contributed by atoms with Gasteiger partial charge in [0, 0.05) is 18.3 Å². The van der Waals surface area contributed by atoms with Crippen LogP contribution in [0.2, 0.25) is 0 Å². The van der Waals surface area contributed by atoms with E-state index >= 15 is 0 Å². The van der Waals surface area contributed by atoms with Crippen molar-refractivity contribution < 1.29 is 9.18 Å². The number of rotatable bonds is 1. The number of nitrogens with zero attached hydrogens (tertiary/aromatic N) is 1. The van der Waals surface area contributed by atoms with Crippen LogP contribution in [0.1, 0.15) is 19.8 Å². The zero-order valence-corrected chi connectivity index (χ0v) is 10.9. The van der Waals surface area contributed by atoms with Gasteiger partial charge in [-0.15, -0.1) is 0 Å². The molecule has 2 amide bonds. The minimum atomic E-state index is -0.311. The Morgan fingerprint density at radius 1 is 1.47 bits per heavy atom. The summed E-state index contributed by atoms with van der Waals surface area (Å²) in [5, 5.41) is 6.30. The predicted molar refractivity (Wildman–Crippen MR) is 71.7 cm³/mol. The van der Waals surface area contributed by atoms with E-state index in [0.29, 0.717) is 18.3 Å². The van der Waals surface area contributed by atoms with Gasteiger partial charge in [-0.25, -0.2) is 9.18 Å². The van der Waals surface area contributed by atoms with E-state index in [1.54, 1.807) is 17.0 Å². The predicted octanol–water partition coefficient (Wildman–Crippen LogP) is 1.87. The van der Waals surface area contributed by atoms with Gasteiger partial charge in [-0.3, -0.25) is 4.90 Å². The number of halogens is 1. The summed E-state index contributed by atoms with van der Waals surface area (Å²) in [6.45, 7) is 3.63. The molecule has 2 N–H and O–H groups in total. The van der Waals surface area contributed by atoms with Crippen molar-refractivity contribution in [1.82, 2.24) is 10.6 Å². The van der Waals surface area contributed by atoms with Gasteiger partial charge in [0.25, 0.3) is 0 Å². The van der Waals surface area contributed by atoms with Gasteiger partial charge in [0.2, 0.25) is 0 Å². The highest BCUT2D eigenvalue weighted by atomic mass is 19.1. The second-order valence-corrected chi connectivity index (χ2v) is 5.51. The fourth-order valence-corrected chi connectivity index (χ4v) is 3.28. The summed E-state index contributed by atoms with van der Waals surface area (Å²) in [6.07, 6.45) is 1.76. The van der Waals surface area contributed by atoms with Crippen molar-refractivity contribution in [3.63, 3.8) is 0 Å². The van der Waals surface area contributed by atoms with E-state index in [4.69, 9.17) is 0 Å². The average molecular weight is 263 g/mol. The third-order valence-electron chi connectivity index (χ3n) is 4.08. The van der Waals surface area contributed by atoms with Crippen molar-refractivity contribution in [3.8, 4) is 0 Å². The van der Waals surface area contributed by atoms with Gasteiger partial charge >= 0.3 is 6.03 Å². The molecule has 0 aromatic heterocycles. The van der Waals surface area contributed by atoms with Crippen molar-refractivity contribution in [2.75, 3.05) is 18.0 Å². The number of hydrogen-bond donors (Lipinski definition) is 2. The molecule has 2 aliphatic heterocycles. The van der Waals surface area contributed by atoms with Crippen molar-refractivity contribution in [2.45, 2.75) is 31.3 Å². The van der Waals surface area contributed by atoms with Crippen LogP contribution in [0.5, 0.6) is 0 Å². The normalized spacial score (nSPS) is 30.7. The SMILES string of the molecule is CC1CC2(CCN1)CNC(=O)N2c1cccc(F)c1. The number of urea groups is 1. The summed E-state index contributed by atoms with van der Waals surface area (Å²) in [5.74, 6) is -0.311. The Hall–Kier alpha value is -1.62. The van der Waals surface area contributed by atoms with Gasteiger partial charge in [-0.1, -0.05) is 6.07 Å². The summed E-state index contributed by atoms with van der Waals surface area (Å²) in [5.41, 5.74) is 0.416. The quantitative estimate of drug-likeness (QED) is 0.812. The Kier molecular flexibility index (Phi) is 2.93. The highest BCUT2D eigenvalue weighted by molar-refractivity contribution is 5.96. The highest BCUT2D eigenvalue weighted by Crippen LogP contribution is 2.36. The molecule has 102 valence electrons. The van der Waals surface area contributed by atoms with Crippen molar-refractivity contribution in [2.24, 2.45) is 0 Å². The lowest BCUT2D eigenvalue weighted by atomic mass is 9.84. The fourth-order valence-electron chi connectivity index (χ4n) is 3.28. The van der Waals surface area contributed by atoms with E-state index in [2.05, 4.69) is 17.6 Å². The number of carbonyl (C=O) groups is 1. The first-order valence-electron chi connectivity index (χ1n) is 6.68. The van der Waals surface area contributed by atoms with Crippen molar-refractivity contribution in [3.05, 3.63) is 30.1 Å². The largest absolute Gasteiger partial charge is 0.335 e. The first-order valence-corrected chi connectivity index (χ1v) is 6.68. The molecule has 2 atom stereocenters. The summed E-state index contributed by atoms with van der Waals surface area (Å²) in [6, 6.07) is 6.50. The van der Waals surface area contributed by atoms with Crippen LogP contribution < -0.4 is 15.5 Å². The smallest absolute Gasteiger partial charge is 0.322 e. The van der Waals surface area contributed by atoms with Gasteiger partial charge in [0.1, 0.15) is 5.82 Å². The molecule has 2 unspecified atom stereocenters. The van der Waals surface area contributed by atoms with Gasteiger partial charge in [0.15, 0.2) is 0 Å². The lowest BCUT2D eigenvalue weighted by Gasteiger charge is -2.42. The van der Waals surface area contributed by atoms with E-state index in [1.165, 1.54) is 12.1 Å². The first-order chi connectivity index (χ1) is 9.11. The van der Waals surface area contributed by atoms with Crippen LogP contribution in [0.3, 0.4) is 0 Å². The van der Waals surface area contributed by atoms with Gasteiger partial charge < -0.3 is 10.6 Å². The van der Waals surface area contributed by atoms with Gasteiger partial charge in [-0.05, 0) is 44.5 Å². The van der Waals surface area contributed by atoms with E-state index in [0.717, 1.165) is 19.4 Å². The number of carbonyl (C=O) groups excluding carboxylic acids is 1. The topological polar surface area (TPSA) is 44.4 Å². The maximum atomic E-state index is 13.4. The molecule has 4 nitrogen and oxygen atoms in total. The molecule has 0 saturated carbocycles. The molecule has 3 rings (SSSR count). The van der Waals surface area contributed by atoms with Crippen molar-refractivity contribution in [1.29, 1.82) is 0 Å². The number of hydrogen-bond acceptors (Lipinski definition) is 2. The Morgan fingerprint density at radius 2 is 2.32 bits per heavy atom. The Bertz CT molecular complexity index is 507.